The highest BCUT2D eigenvalue weighted by atomic mass is 16.5. The molecule has 0 spiro atoms. The van der Waals surface area contributed by atoms with Gasteiger partial charge < -0.3 is 29.1 Å². The van der Waals surface area contributed by atoms with E-state index in [1.54, 1.807) is 0 Å². The van der Waals surface area contributed by atoms with Gasteiger partial charge in [-0.3, -0.25) is 9.59 Å². The first-order valence-corrected chi connectivity index (χ1v) is 16.0. The molecule has 2 aromatic rings. The molecule has 0 N–H and O–H groups in total. The molecule has 8 heteroatoms. The second-order valence-corrected chi connectivity index (χ2v) is 12.9. The number of carbonyl (C=O) groups excluding carboxylic acids is 2. The fourth-order valence-corrected chi connectivity index (χ4v) is 8.21. The number of anilines is 2. The average Bonchev–Trinajstić information content (AvgIpc) is 3.04. The first-order valence-electron chi connectivity index (χ1n) is 16.0. The summed E-state index contributed by atoms with van der Waals surface area (Å²) >= 11 is 0. The highest BCUT2D eigenvalue weighted by Gasteiger charge is 2.55. The Hall–Kier alpha value is -3.10. The Labute approximate surface area is 249 Å². The zero-order valence-corrected chi connectivity index (χ0v) is 25.0. The van der Waals surface area contributed by atoms with Crippen LogP contribution >= 0.6 is 0 Å². The maximum atomic E-state index is 14.5. The van der Waals surface area contributed by atoms with Crippen LogP contribution in [0.5, 0.6) is 0 Å². The lowest BCUT2D eigenvalue weighted by molar-refractivity contribution is -0.177. The van der Waals surface area contributed by atoms with E-state index in [1.165, 1.54) is 11.4 Å². The van der Waals surface area contributed by atoms with Crippen molar-refractivity contribution in [3.05, 3.63) is 59.7 Å². The zero-order valence-electron chi connectivity index (χ0n) is 25.0. The lowest BCUT2D eigenvalue weighted by Crippen LogP contribution is -2.69. The maximum Gasteiger partial charge on any atom is 0.246 e. The number of piperazine rings is 1. The molecule has 2 aromatic carbocycles. The summed E-state index contributed by atoms with van der Waals surface area (Å²) < 4.78 is 11.1. The Morgan fingerprint density at radius 2 is 1.00 bits per heavy atom. The zero-order chi connectivity index (χ0) is 28.8. The number of hydrogen-bond donors (Lipinski definition) is 0. The van der Waals surface area contributed by atoms with Crippen LogP contribution in [0.2, 0.25) is 0 Å². The molecule has 5 aliphatic rings. The molecule has 5 aliphatic heterocycles. The van der Waals surface area contributed by atoms with E-state index in [-0.39, 0.29) is 35.7 Å². The van der Waals surface area contributed by atoms with Gasteiger partial charge in [-0.1, -0.05) is 38.1 Å². The number of nitrogens with zero attached hydrogens (tertiary/aromatic N) is 4. The van der Waals surface area contributed by atoms with Gasteiger partial charge in [-0.2, -0.15) is 0 Å². The van der Waals surface area contributed by atoms with Gasteiger partial charge in [-0.15, -0.1) is 0 Å². The molecule has 6 atom stereocenters. The Kier molecular flexibility index (Phi) is 7.61. The monoisotopic (exact) mass is 572 g/mol. The fraction of sp³-hybridized carbons (Fsp3) is 0.588. The number of ether oxygens (including phenoxy) is 2. The number of benzene rings is 2. The Balaban J connectivity index is 1.20. The van der Waals surface area contributed by atoms with Gasteiger partial charge in [0.05, 0.1) is 38.5 Å². The van der Waals surface area contributed by atoms with Crippen molar-refractivity contribution in [3.63, 3.8) is 0 Å². The Bertz CT molecular complexity index is 1210. The van der Waals surface area contributed by atoms with Crippen LogP contribution in [-0.2, 0) is 19.1 Å². The van der Waals surface area contributed by atoms with Crippen LogP contribution in [0.3, 0.4) is 0 Å². The van der Waals surface area contributed by atoms with E-state index in [9.17, 15) is 9.59 Å². The van der Waals surface area contributed by atoms with Gasteiger partial charge in [-0.05, 0) is 72.9 Å². The molecule has 2 amide bonds. The van der Waals surface area contributed by atoms with E-state index in [4.69, 9.17) is 9.47 Å². The largest absolute Gasteiger partial charge is 0.378 e. The second-order valence-electron chi connectivity index (χ2n) is 12.9. The smallest absolute Gasteiger partial charge is 0.246 e. The van der Waals surface area contributed by atoms with E-state index in [0.29, 0.717) is 0 Å². The third-order valence-electron chi connectivity index (χ3n) is 10.4. The number of rotatable bonds is 4. The van der Waals surface area contributed by atoms with Crippen LogP contribution in [-0.4, -0.2) is 86.3 Å². The number of fused-ring (bicyclic) bond motifs is 2. The molecular weight excluding hydrogens is 528 g/mol. The van der Waals surface area contributed by atoms with Crippen molar-refractivity contribution in [3.8, 4) is 0 Å². The normalized spacial score (nSPS) is 32.0. The summed E-state index contributed by atoms with van der Waals surface area (Å²) in [7, 11) is 0. The highest BCUT2D eigenvalue weighted by Crippen LogP contribution is 2.48. The van der Waals surface area contributed by atoms with E-state index in [0.717, 1.165) is 89.4 Å². The summed E-state index contributed by atoms with van der Waals surface area (Å²) in [6.45, 7) is 10.9. The fourth-order valence-electron chi connectivity index (χ4n) is 8.21. The molecule has 5 fully saturated rings. The average molecular weight is 573 g/mol. The third-order valence-corrected chi connectivity index (χ3v) is 10.4. The predicted molar refractivity (Wildman–Crippen MR) is 162 cm³/mol. The van der Waals surface area contributed by atoms with Crippen LogP contribution < -0.4 is 9.80 Å². The molecule has 0 aromatic heterocycles. The van der Waals surface area contributed by atoms with Crippen molar-refractivity contribution in [2.45, 2.75) is 63.7 Å². The van der Waals surface area contributed by atoms with E-state index < -0.39 is 12.1 Å². The SMILES string of the molecule is C[C@@H]1CC[C@H]2C(=O)N3[C@@H](CC[C@@H](C)[C@@H]3c3cccc(N4CCOCC4)c3)C(=O)N2[C@H]1c1cccc(N2CCOCC2)c1. The lowest BCUT2D eigenvalue weighted by Gasteiger charge is -2.56. The van der Waals surface area contributed by atoms with E-state index >= 15 is 0 Å². The van der Waals surface area contributed by atoms with Crippen molar-refractivity contribution < 1.29 is 19.1 Å². The van der Waals surface area contributed by atoms with Crippen LogP contribution in [0.1, 0.15) is 62.7 Å². The molecule has 0 saturated carbocycles. The van der Waals surface area contributed by atoms with Gasteiger partial charge in [0.2, 0.25) is 11.8 Å². The number of hydrogen-bond acceptors (Lipinski definition) is 6. The van der Waals surface area contributed by atoms with E-state index in [1.807, 2.05) is 9.80 Å². The molecule has 0 aliphatic carbocycles. The molecule has 224 valence electrons. The maximum absolute atomic E-state index is 14.5. The Morgan fingerprint density at radius 1 is 0.595 bits per heavy atom. The van der Waals surface area contributed by atoms with Gasteiger partial charge in [0.15, 0.2) is 0 Å². The minimum atomic E-state index is -0.405. The first-order chi connectivity index (χ1) is 20.5. The van der Waals surface area contributed by atoms with Crippen LogP contribution in [0, 0.1) is 11.8 Å². The van der Waals surface area contributed by atoms with Gasteiger partial charge in [0.25, 0.3) is 0 Å². The van der Waals surface area contributed by atoms with Crippen molar-refractivity contribution in [2.75, 3.05) is 62.4 Å². The summed E-state index contributed by atoms with van der Waals surface area (Å²) in [6.07, 6.45) is 3.31. The summed E-state index contributed by atoms with van der Waals surface area (Å²) in [4.78, 5) is 37.8. The number of morpholine rings is 2. The van der Waals surface area contributed by atoms with Gasteiger partial charge in [-0.25, -0.2) is 0 Å². The van der Waals surface area contributed by atoms with Gasteiger partial charge >= 0.3 is 0 Å². The molecule has 0 radical (unpaired) electrons. The second kappa shape index (κ2) is 11.5. The summed E-state index contributed by atoms with van der Waals surface area (Å²) in [6, 6.07) is 16.3. The Morgan fingerprint density at radius 3 is 1.40 bits per heavy atom. The molecule has 0 unspecified atom stereocenters. The summed E-state index contributed by atoms with van der Waals surface area (Å²) in [5, 5.41) is 0. The lowest BCUT2D eigenvalue weighted by atomic mass is 9.76. The quantitative estimate of drug-likeness (QED) is 0.541. The van der Waals surface area contributed by atoms with Crippen molar-refractivity contribution in [1.29, 1.82) is 0 Å². The highest BCUT2D eigenvalue weighted by molar-refractivity contribution is 5.98. The van der Waals surface area contributed by atoms with Crippen LogP contribution in [0.25, 0.3) is 0 Å². The standard InChI is InChI=1S/C34H44N4O4/c1-23-9-11-29-34(40)38-30(12-10-24(2)32(38)26-6-4-8-28(22-26)36-15-19-42-20-16-36)33(39)37(29)31(23)25-5-3-7-27(21-25)35-13-17-41-18-14-35/h3-8,21-24,29-32H,9-20H2,1-2H3/t23-,24-,29+,30+,31-,32-/m1/s1. The van der Waals surface area contributed by atoms with Crippen molar-refractivity contribution >= 4 is 23.2 Å². The minimum Gasteiger partial charge on any atom is -0.378 e. The molecular formula is C34H44N4O4. The van der Waals surface area contributed by atoms with Crippen molar-refractivity contribution in [1.82, 2.24) is 9.80 Å². The minimum absolute atomic E-state index is 0.0919. The van der Waals surface area contributed by atoms with Crippen LogP contribution in [0.4, 0.5) is 11.4 Å². The van der Waals surface area contributed by atoms with Gasteiger partial charge in [0, 0.05) is 37.6 Å². The summed E-state index contributed by atoms with van der Waals surface area (Å²) in [5.41, 5.74) is 4.64. The molecule has 42 heavy (non-hydrogen) atoms. The first kappa shape index (κ1) is 27.7. The molecule has 5 saturated heterocycles. The van der Waals surface area contributed by atoms with E-state index in [2.05, 4.69) is 72.2 Å². The predicted octanol–water partition coefficient (Wildman–Crippen LogP) is 4.41. The third kappa shape index (κ3) is 4.86. The van der Waals surface area contributed by atoms with Crippen molar-refractivity contribution in [2.24, 2.45) is 11.8 Å². The van der Waals surface area contributed by atoms with Crippen LogP contribution in [0.15, 0.2) is 48.5 Å². The molecule has 7 rings (SSSR count). The number of amides is 2. The molecule has 8 nitrogen and oxygen atoms in total. The molecule has 0 bridgehead atoms. The molecule has 5 heterocycles. The van der Waals surface area contributed by atoms with Gasteiger partial charge in [0.1, 0.15) is 12.1 Å². The number of carbonyl (C=O) groups is 2. The topological polar surface area (TPSA) is 65.6 Å². The summed E-state index contributed by atoms with van der Waals surface area (Å²) in [5.74, 6) is 0.837. The number of piperidine rings is 2.